The monoisotopic (exact) mass is 513 g/mol. The Bertz CT molecular complexity index is 1500. The van der Waals surface area contributed by atoms with Crippen molar-refractivity contribution in [1.82, 2.24) is 24.6 Å². The normalized spacial score (nSPS) is 12.8. The van der Waals surface area contributed by atoms with Crippen LogP contribution in [0.25, 0.3) is 11.4 Å². The standard InChI is InChI=1S/C27H27N7O4/c1-3-23(35)30-16-22-29-13-15-32(22)17-4-6-18(7-5-17)33-14-12-21-24(26(28)36)31-34(25(21)27(33)37)19-8-10-20(38-2)11-9-19/h4-11,13,15H,3,12,14,16H2,1-2H3,(H2,28,36)(H,30,35). The van der Waals surface area contributed by atoms with Crippen molar-refractivity contribution >= 4 is 23.4 Å². The molecule has 38 heavy (non-hydrogen) atoms. The summed E-state index contributed by atoms with van der Waals surface area (Å²) in [5.74, 6) is 0.351. The van der Waals surface area contributed by atoms with Crippen LogP contribution >= 0.6 is 0 Å². The third-order valence-electron chi connectivity index (χ3n) is 6.49. The van der Waals surface area contributed by atoms with E-state index in [-0.39, 0.29) is 17.5 Å². The second-order valence-electron chi connectivity index (χ2n) is 8.72. The molecular formula is C27H27N7O4. The highest BCUT2D eigenvalue weighted by Crippen LogP contribution is 2.30. The van der Waals surface area contributed by atoms with E-state index in [9.17, 15) is 14.4 Å². The van der Waals surface area contributed by atoms with Crippen molar-refractivity contribution < 1.29 is 19.1 Å². The van der Waals surface area contributed by atoms with Gasteiger partial charge in [0.25, 0.3) is 11.8 Å². The number of methoxy groups -OCH3 is 1. The fourth-order valence-corrected chi connectivity index (χ4v) is 4.51. The lowest BCUT2D eigenvalue weighted by Gasteiger charge is -2.28. The van der Waals surface area contributed by atoms with Crippen molar-refractivity contribution in [3.8, 4) is 17.1 Å². The molecule has 0 aliphatic carbocycles. The Morgan fingerprint density at radius 1 is 1.05 bits per heavy atom. The zero-order chi connectivity index (χ0) is 26.8. The molecule has 3 N–H and O–H groups in total. The summed E-state index contributed by atoms with van der Waals surface area (Å²) in [6.45, 7) is 2.48. The van der Waals surface area contributed by atoms with E-state index < -0.39 is 5.91 Å². The van der Waals surface area contributed by atoms with E-state index in [1.165, 1.54) is 4.68 Å². The van der Waals surface area contributed by atoms with Crippen molar-refractivity contribution in [1.29, 1.82) is 0 Å². The van der Waals surface area contributed by atoms with Gasteiger partial charge in [-0.3, -0.25) is 14.4 Å². The van der Waals surface area contributed by atoms with E-state index in [1.54, 1.807) is 49.4 Å². The number of benzene rings is 2. The number of carbonyl (C=O) groups is 3. The van der Waals surface area contributed by atoms with Gasteiger partial charge in [0.1, 0.15) is 17.3 Å². The number of anilines is 1. The highest BCUT2D eigenvalue weighted by Gasteiger charge is 2.34. The van der Waals surface area contributed by atoms with Crippen LogP contribution in [0.5, 0.6) is 5.75 Å². The third kappa shape index (κ3) is 4.49. The van der Waals surface area contributed by atoms with Gasteiger partial charge in [0.15, 0.2) is 5.69 Å². The number of amides is 3. The van der Waals surface area contributed by atoms with Crippen LogP contribution in [-0.4, -0.2) is 50.7 Å². The minimum atomic E-state index is -0.676. The van der Waals surface area contributed by atoms with E-state index in [4.69, 9.17) is 10.5 Å². The summed E-state index contributed by atoms with van der Waals surface area (Å²) in [7, 11) is 1.57. The lowest BCUT2D eigenvalue weighted by Crippen LogP contribution is -2.39. The highest BCUT2D eigenvalue weighted by molar-refractivity contribution is 6.09. The molecule has 11 heteroatoms. The van der Waals surface area contributed by atoms with Crippen molar-refractivity contribution in [2.45, 2.75) is 26.3 Å². The number of ether oxygens (including phenoxy) is 1. The van der Waals surface area contributed by atoms with Crippen molar-refractivity contribution in [2.75, 3.05) is 18.6 Å². The molecule has 2 aromatic heterocycles. The second-order valence-corrected chi connectivity index (χ2v) is 8.72. The summed E-state index contributed by atoms with van der Waals surface area (Å²) in [5, 5.41) is 7.24. The Morgan fingerprint density at radius 3 is 2.39 bits per heavy atom. The molecule has 0 saturated heterocycles. The predicted molar refractivity (Wildman–Crippen MR) is 140 cm³/mol. The maximum atomic E-state index is 13.7. The quantitative estimate of drug-likeness (QED) is 0.371. The molecule has 0 atom stereocenters. The number of fused-ring (bicyclic) bond motifs is 1. The molecule has 0 bridgehead atoms. The average Bonchev–Trinajstić information content (AvgIpc) is 3.58. The molecule has 0 spiro atoms. The van der Waals surface area contributed by atoms with Gasteiger partial charge in [0, 0.05) is 42.3 Å². The summed E-state index contributed by atoms with van der Waals surface area (Å²) in [6.07, 6.45) is 4.33. The molecule has 194 valence electrons. The topological polar surface area (TPSA) is 137 Å². The van der Waals surface area contributed by atoms with Gasteiger partial charge < -0.3 is 25.3 Å². The van der Waals surface area contributed by atoms with E-state index in [0.29, 0.717) is 60.1 Å². The Labute approximate surface area is 218 Å². The number of hydrogen-bond acceptors (Lipinski definition) is 6. The maximum Gasteiger partial charge on any atom is 0.277 e. The summed E-state index contributed by atoms with van der Waals surface area (Å²) >= 11 is 0. The molecule has 3 amide bonds. The molecule has 11 nitrogen and oxygen atoms in total. The fraction of sp³-hybridized carbons (Fsp3) is 0.222. The first-order valence-electron chi connectivity index (χ1n) is 12.2. The number of rotatable bonds is 8. The molecule has 2 aromatic carbocycles. The second kappa shape index (κ2) is 10.2. The van der Waals surface area contributed by atoms with Gasteiger partial charge in [0.05, 0.1) is 19.3 Å². The summed E-state index contributed by atoms with van der Waals surface area (Å²) in [5.41, 5.74) is 8.71. The molecule has 4 aromatic rings. The highest BCUT2D eigenvalue weighted by atomic mass is 16.5. The van der Waals surface area contributed by atoms with Gasteiger partial charge >= 0.3 is 0 Å². The van der Waals surface area contributed by atoms with Crippen molar-refractivity contribution in [2.24, 2.45) is 5.73 Å². The predicted octanol–water partition coefficient (Wildman–Crippen LogP) is 2.39. The number of carbonyl (C=O) groups excluding carboxylic acids is 3. The van der Waals surface area contributed by atoms with Crippen LogP contribution in [0, 0.1) is 0 Å². The molecule has 3 heterocycles. The van der Waals surface area contributed by atoms with Crippen LogP contribution in [0.1, 0.15) is 45.7 Å². The first-order valence-corrected chi connectivity index (χ1v) is 12.2. The van der Waals surface area contributed by atoms with Gasteiger partial charge in [-0.15, -0.1) is 0 Å². The van der Waals surface area contributed by atoms with Gasteiger partial charge in [-0.25, -0.2) is 9.67 Å². The number of imidazole rings is 1. The number of nitrogens with two attached hydrogens (primary N) is 1. The zero-order valence-corrected chi connectivity index (χ0v) is 21.0. The van der Waals surface area contributed by atoms with Gasteiger partial charge in [0.2, 0.25) is 5.91 Å². The Morgan fingerprint density at radius 2 is 1.74 bits per heavy atom. The molecular weight excluding hydrogens is 486 g/mol. The van der Waals surface area contributed by atoms with E-state index in [0.717, 1.165) is 5.69 Å². The summed E-state index contributed by atoms with van der Waals surface area (Å²) in [4.78, 5) is 43.5. The molecule has 5 rings (SSSR count). The summed E-state index contributed by atoms with van der Waals surface area (Å²) < 4.78 is 8.58. The smallest absolute Gasteiger partial charge is 0.277 e. The molecule has 1 aliphatic rings. The Kier molecular flexibility index (Phi) is 6.65. The molecule has 0 fully saturated rings. The maximum absolute atomic E-state index is 13.7. The van der Waals surface area contributed by atoms with Crippen LogP contribution < -0.4 is 20.7 Å². The van der Waals surface area contributed by atoms with Crippen LogP contribution in [0.2, 0.25) is 0 Å². The largest absolute Gasteiger partial charge is 0.497 e. The SMILES string of the molecule is CCC(=O)NCc1nccn1-c1ccc(N2CCc3c(C(N)=O)nn(-c4ccc(OC)cc4)c3C2=O)cc1. The fourth-order valence-electron chi connectivity index (χ4n) is 4.51. The summed E-state index contributed by atoms with van der Waals surface area (Å²) in [6, 6.07) is 14.5. The lowest BCUT2D eigenvalue weighted by atomic mass is 10.0. The van der Waals surface area contributed by atoms with Crippen LogP contribution in [0.4, 0.5) is 5.69 Å². The van der Waals surface area contributed by atoms with Gasteiger partial charge in [-0.2, -0.15) is 5.10 Å². The average molecular weight is 514 g/mol. The number of aromatic nitrogens is 4. The van der Waals surface area contributed by atoms with E-state index >= 15 is 0 Å². The Hall–Kier alpha value is -4.93. The molecule has 0 radical (unpaired) electrons. The van der Waals surface area contributed by atoms with Crippen LogP contribution in [-0.2, 0) is 17.8 Å². The molecule has 0 unspecified atom stereocenters. The molecule has 0 saturated carbocycles. The number of primary amides is 1. The van der Waals surface area contributed by atoms with Crippen molar-refractivity contribution in [3.05, 3.63) is 83.7 Å². The molecule has 1 aliphatic heterocycles. The third-order valence-corrected chi connectivity index (χ3v) is 6.49. The van der Waals surface area contributed by atoms with Crippen LogP contribution in [0.15, 0.2) is 60.9 Å². The minimum Gasteiger partial charge on any atom is -0.497 e. The van der Waals surface area contributed by atoms with Crippen molar-refractivity contribution in [3.63, 3.8) is 0 Å². The number of nitrogens with one attached hydrogen (secondary N) is 1. The zero-order valence-electron chi connectivity index (χ0n) is 21.0. The number of hydrogen-bond donors (Lipinski definition) is 2. The first-order chi connectivity index (χ1) is 18.4. The van der Waals surface area contributed by atoms with Gasteiger partial charge in [-0.1, -0.05) is 6.92 Å². The van der Waals surface area contributed by atoms with Crippen LogP contribution in [0.3, 0.4) is 0 Å². The first kappa shape index (κ1) is 24.8. The minimum absolute atomic E-state index is 0.0498. The lowest BCUT2D eigenvalue weighted by molar-refractivity contribution is -0.120. The van der Waals surface area contributed by atoms with E-state index in [2.05, 4.69) is 15.4 Å². The van der Waals surface area contributed by atoms with E-state index in [1.807, 2.05) is 35.0 Å². The number of nitrogens with zero attached hydrogens (tertiary/aromatic N) is 5. The Balaban J connectivity index is 1.44. The van der Waals surface area contributed by atoms with Gasteiger partial charge in [-0.05, 0) is 55.0 Å².